The first-order valence-electron chi connectivity index (χ1n) is 18.1. The molecule has 0 amide bonds. The lowest BCUT2D eigenvalue weighted by Crippen LogP contribution is -2.01. The Kier molecular flexibility index (Phi) is 7.58. The molecule has 0 saturated carbocycles. The molecule has 0 spiro atoms. The van der Waals surface area contributed by atoms with E-state index in [2.05, 4.69) is 121 Å². The van der Waals surface area contributed by atoms with Crippen LogP contribution in [-0.4, -0.2) is 15.0 Å². The summed E-state index contributed by atoms with van der Waals surface area (Å²) in [6.45, 7) is 0. The van der Waals surface area contributed by atoms with Crippen LogP contribution in [0.5, 0.6) is 0 Å². The zero-order valence-corrected chi connectivity index (χ0v) is 28.9. The molecule has 1 aliphatic carbocycles. The van der Waals surface area contributed by atoms with Crippen molar-refractivity contribution in [2.45, 2.75) is 12.8 Å². The van der Waals surface area contributed by atoms with Gasteiger partial charge in [0.25, 0.3) is 0 Å². The Labute approximate surface area is 307 Å². The fourth-order valence-corrected chi connectivity index (χ4v) is 7.57. The smallest absolute Gasteiger partial charge is 0.164 e. The maximum Gasteiger partial charge on any atom is 0.164 e. The predicted molar refractivity (Wildman–Crippen MR) is 217 cm³/mol. The molecule has 0 fully saturated rings. The molecule has 250 valence electrons. The third kappa shape index (κ3) is 5.71. The van der Waals surface area contributed by atoms with Crippen LogP contribution in [0.4, 0.5) is 0 Å². The van der Waals surface area contributed by atoms with Crippen LogP contribution in [0.1, 0.15) is 17.5 Å². The van der Waals surface area contributed by atoms with Gasteiger partial charge in [-0.2, -0.15) is 0 Å². The highest BCUT2D eigenvalue weighted by Gasteiger charge is 2.20. The molecule has 4 nitrogen and oxygen atoms in total. The monoisotopic (exact) mass is 679 g/mol. The molecular formula is C49H33N3O. The summed E-state index contributed by atoms with van der Waals surface area (Å²) in [6.07, 6.45) is 6.62. The average molecular weight is 680 g/mol. The number of para-hydroxylation sites is 1. The van der Waals surface area contributed by atoms with Crippen molar-refractivity contribution in [1.82, 2.24) is 15.0 Å². The molecule has 10 rings (SSSR count). The fourth-order valence-electron chi connectivity index (χ4n) is 7.57. The van der Waals surface area contributed by atoms with Gasteiger partial charge >= 0.3 is 0 Å². The standard InChI is InChI=1S/C49H33N3O/c1-3-12-32(13-4-1)33-22-24-34(25-23-33)39-30-43(46-42-19-9-10-21-44(42)53-45(46)31-39)49-51-47(37-15-5-2-6-16-37)50-48(52-49)38-28-26-36(27-29-38)41-20-11-17-35-14-7-8-18-40(35)41/h1-7,9-17,19-31H,8,18H2. The Morgan fingerprint density at radius 2 is 1.00 bits per heavy atom. The Morgan fingerprint density at radius 1 is 0.415 bits per heavy atom. The number of nitrogens with zero attached hydrogens (tertiary/aromatic N) is 3. The molecule has 4 heteroatoms. The van der Waals surface area contributed by atoms with Crippen molar-refractivity contribution in [3.8, 4) is 67.5 Å². The highest BCUT2D eigenvalue weighted by atomic mass is 16.3. The second kappa shape index (κ2) is 13.0. The summed E-state index contributed by atoms with van der Waals surface area (Å²) in [5.41, 5.74) is 14.0. The fraction of sp³-hybridized carbons (Fsp3) is 0.0408. The van der Waals surface area contributed by atoms with Gasteiger partial charge < -0.3 is 4.42 Å². The van der Waals surface area contributed by atoms with Crippen molar-refractivity contribution < 1.29 is 4.42 Å². The van der Waals surface area contributed by atoms with Crippen LogP contribution < -0.4 is 0 Å². The Balaban J connectivity index is 1.14. The lowest BCUT2D eigenvalue weighted by atomic mass is 9.89. The van der Waals surface area contributed by atoms with E-state index >= 15 is 0 Å². The maximum absolute atomic E-state index is 6.52. The van der Waals surface area contributed by atoms with E-state index in [-0.39, 0.29) is 0 Å². The molecule has 2 heterocycles. The lowest BCUT2D eigenvalue weighted by molar-refractivity contribution is 0.669. The Hall–Kier alpha value is -6.91. The molecule has 53 heavy (non-hydrogen) atoms. The van der Waals surface area contributed by atoms with Crippen molar-refractivity contribution in [2.75, 3.05) is 0 Å². The minimum Gasteiger partial charge on any atom is -0.456 e. The van der Waals surface area contributed by atoms with Crippen LogP contribution in [0.15, 0.2) is 174 Å². The van der Waals surface area contributed by atoms with Crippen LogP contribution in [0.25, 0.3) is 95.6 Å². The zero-order valence-electron chi connectivity index (χ0n) is 28.9. The number of furan rings is 1. The van der Waals surface area contributed by atoms with Gasteiger partial charge in [-0.1, -0.05) is 158 Å². The van der Waals surface area contributed by atoms with E-state index in [4.69, 9.17) is 19.4 Å². The average Bonchev–Trinajstić information content (AvgIpc) is 3.62. The van der Waals surface area contributed by atoms with E-state index in [1.807, 2.05) is 54.6 Å². The third-order valence-corrected chi connectivity index (χ3v) is 10.2. The van der Waals surface area contributed by atoms with Gasteiger partial charge in [-0.25, -0.2) is 15.0 Å². The van der Waals surface area contributed by atoms with Gasteiger partial charge in [-0.15, -0.1) is 0 Å². The molecule has 0 bridgehead atoms. The van der Waals surface area contributed by atoms with Crippen LogP contribution in [-0.2, 0) is 6.42 Å². The molecule has 1 aliphatic rings. The first-order valence-corrected chi connectivity index (χ1v) is 18.1. The summed E-state index contributed by atoms with van der Waals surface area (Å²) in [4.78, 5) is 15.5. The number of rotatable bonds is 6. The normalized spacial score (nSPS) is 12.3. The molecule has 7 aromatic carbocycles. The molecule has 2 aromatic heterocycles. The van der Waals surface area contributed by atoms with E-state index in [0.717, 1.165) is 62.6 Å². The van der Waals surface area contributed by atoms with Gasteiger partial charge in [-0.3, -0.25) is 0 Å². The zero-order chi connectivity index (χ0) is 35.1. The first kappa shape index (κ1) is 30.9. The minimum absolute atomic E-state index is 0.598. The van der Waals surface area contributed by atoms with Crippen LogP contribution in [0.2, 0.25) is 0 Å². The molecule has 0 saturated heterocycles. The van der Waals surface area contributed by atoms with E-state index in [1.54, 1.807) is 0 Å². The van der Waals surface area contributed by atoms with Gasteiger partial charge in [0.1, 0.15) is 11.2 Å². The summed E-state index contributed by atoms with van der Waals surface area (Å²) >= 11 is 0. The van der Waals surface area contributed by atoms with Gasteiger partial charge in [0.2, 0.25) is 0 Å². The van der Waals surface area contributed by atoms with Crippen molar-refractivity contribution in [2.24, 2.45) is 0 Å². The molecule has 0 atom stereocenters. The second-order valence-electron chi connectivity index (χ2n) is 13.5. The number of aromatic nitrogens is 3. The summed E-state index contributed by atoms with van der Waals surface area (Å²) in [7, 11) is 0. The Bertz CT molecular complexity index is 2800. The quantitative estimate of drug-likeness (QED) is 0.175. The van der Waals surface area contributed by atoms with Crippen molar-refractivity contribution in [1.29, 1.82) is 0 Å². The summed E-state index contributed by atoms with van der Waals surface area (Å²) in [6, 6.07) is 57.0. The number of fused-ring (bicyclic) bond motifs is 4. The van der Waals surface area contributed by atoms with Gasteiger partial charge in [0.05, 0.1) is 0 Å². The molecule has 0 aliphatic heterocycles. The van der Waals surface area contributed by atoms with Gasteiger partial charge in [-0.05, 0) is 75.5 Å². The number of hydrogen-bond donors (Lipinski definition) is 0. The number of benzene rings is 7. The molecule has 0 radical (unpaired) electrons. The third-order valence-electron chi connectivity index (χ3n) is 10.2. The Morgan fingerprint density at radius 3 is 1.75 bits per heavy atom. The van der Waals surface area contributed by atoms with Crippen LogP contribution in [0, 0.1) is 0 Å². The van der Waals surface area contributed by atoms with Crippen molar-refractivity contribution in [3.05, 3.63) is 181 Å². The van der Waals surface area contributed by atoms with E-state index < -0.39 is 0 Å². The summed E-state index contributed by atoms with van der Waals surface area (Å²) < 4.78 is 6.52. The first-order chi connectivity index (χ1) is 26.2. The minimum atomic E-state index is 0.598. The van der Waals surface area contributed by atoms with Gasteiger partial charge in [0.15, 0.2) is 17.5 Å². The molecule has 9 aromatic rings. The summed E-state index contributed by atoms with van der Waals surface area (Å²) in [5.74, 6) is 1.84. The van der Waals surface area contributed by atoms with Crippen LogP contribution in [0.3, 0.4) is 0 Å². The molecule has 0 unspecified atom stereocenters. The van der Waals surface area contributed by atoms with Crippen molar-refractivity contribution in [3.63, 3.8) is 0 Å². The molecule has 0 N–H and O–H groups in total. The predicted octanol–water partition coefficient (Wildman–Crippen LogP) is 12.7. The number of hydrogen-bond acceptors (Lipinski definition) is 4. The second-order valence-corrected chi connectivity index (χ2v) is 13.5. The molecular weight excluding hydrogens is 647 g/mol. The van der Waals surface area contributed by atoms with Crippen LogP contribution >= 0.6 is 0 Å². The maximum atomic E-state index is 6.52. The largest absolute Gasteiger partial charge is 0.456 e. The highest BCUT2D eigenvalue weighted by Crippen LogP contribution is 2.40. The number of allylic oxidation sites excluding steroid dienone is 1. The van der Waals surface area contributed by atoms with E-state index in [1.165, 1.54) is 33.4 Å². The SMILES string of the molecule is C1=Cc2cccc(-c3ccc(-c4nc(-c5ccccc5)nc(-c5cc(-c6ccc(-c7ccccc7)cc6)cc6oc7ccccc7c56)n4)cc3)c2CC1. The van der Waals surface area contributed by atoms with E-state index in [9.17, 15) is 0 Å². The lowest BCUT2D eigenvalue weighted by Gasteiger charge is -2.16. The van der Waals surface area contributed by atoms with Gasteiger partial charge in [0, 0.05) is 27.5 Å². The highest BCUT2D eigenvalue weighted by molar-refractivity contribution is 6.13. The topological polar surface area (TPSA) is 51.8 Å². The van der Waals surface area contributed by atoms with E-state index in [0.29, 0.717) is 17.5 Å². The summed E-state index contributed by atoms with van der Waals surface area (Å²) in [5, 5.41) is 2.01. The van der Waals surface area contributed by atoms with Crippen molar-refractivity contribution >= 4 is 28.0 Å².